The number of methoxy groups -OCH3 is 1. The van der Waals surface area contributed by atoms with Gasteiger partial charge >= 0.3 is 0 Å². The fourth-order valence-electron chi connectivity index (χ4n) is 3.14. The van der Waals surface area contributed by atoms with Crippen molar-refractivity contribution in [3.63, 3.8) is 0 Å². The monoisotopic (exact) mass is 404 g/mol. The zero-order valence-corrected chi connectivity index (χ0v) is 16.2. The minimum Gasteiger partial charge on any atom is -0.497 e. The number of imide groups is 1. The maximum absolute atomic E-state index is 12.6. The molecule has 1 saturated heterocycles. The molecule has 0 radical (unpaired) electrons. The van der Waals surface area contributed by atoms with Crippen molar-refractivity contribution in [3.05, 3.63) is 54.1 Å². The SMILES string of the molecule is COc1ccc(N2C(=O)C[C@H]([NH2+]CCc3ccc(S(N)(=O)=O)cc3)C2=O)cc1. The number of nitrogens with two attached hydrogens (primary N) is 2. The Bertz CT molecular complexity index is 972. The van der Waals surface area contributed by atoms with Gasteiger partial charge in [0.1, 0.15) is 5.75 Å². The van der Waals surface area contributed by atoms with Gasteiger partial charge in [-0.05, 0) is 42.0 Å². The fourth-order valence-corrected chi connectivity index (χ4v) is 3.65. The summed E-state index contributed by atoms with van der Waals surface area (Å²) in [6.07, 6.45) is 0.778. The summed E-state index contributed by atoms with van der Waals surface area (Å²) in [5.41, 5.74) is 1.46. The Kier molecular flexibility index (Phi) is 5.78. The maximum atomic E-state index is 12.6. The number of ether oxygens (including phenoxy) is 1. The topological polar surface area (TPSA) is 123 Å². The molecule has 4 N–H and O–H groups in total. The first-order valence-corrected chi connectivity index (χ1v) is 10.3. The summed E-state index contributed by atoms with van der Waals surface area (Å²) in [4.78, 5) is 26.2. The molecule has 9 heteroatoms. The number of hydrogen-bond acceptors (Lipinski definition) is 5. The molecular weight excluding hydrogens is 382 g/mol. The minimum atomic E-state index is -3.71. The van der Waals surface area contributed by atoms with Crippen molar-refractivity contribution in [2.75, 3.05) is 18.6 Å². The first kappa shape index (κ1) is 20.0. The van der Waals surface area contributed by atoms with Crippen LogP contribution in [0, 0.1) is 0 Å². The lowest BCUT2D eigenvalue weighted by atomic mass is 10.1. The Labute approximate surface area is 163 Å². The number of primary sulfonamides is 1. The second kappa shape index (κ2) is 8.09. The molecular formula is C19H22N3O5S+. The Morgan fingerprint density at radius 3 is 2.32 bits per heavy atom. The van der Waals surface area contributed by atoms with Crippen molar-refractivity contribution in [1.82, 2.24) is 0 Å². The van der Waals surface area contributed by atoms with E-state index in [0.29, 0.717) is 24.4 Å². The molecule has 148 valence electrons. The van der Waals surface area contributed by atoms with Crippen LogP contribution >= 0.6 is 0 Å². The van der Waals surface area contributed by atoms with Gasteiger partial charge < -0.3 is 10.1 Å². The highest BCUT2D eigenvalue weighted by atomic mass is 32.2. The summed E-state index contributed by atoms with van der Waals surface area (Å²) in [5.74, 6) is 0.188. The molecule has 0 unspecified atom stereocenters. The van der Waals surface area contributed by atoms with Crippen LogP contribution in [0.2, 0.25) is 0 Å². The normalized spacial score (nSPS) is 17.2. The van der Waals surface area contributed by atoms with E-state index in [1.165, 1.54) is 17.0 Å². The average Bonchev–Trinajstić information content (AvgIpc) is 2.95. The predicted molar refractivity (Wildman–Crippen MR) is 102 cm³/mol. The molecule has 28 heavy (non-hydrogen) atoms. The molecule has 2 aromatic carbocycles. The minimum absolute atomic E-state index is 0.0620. The van der Waals surface area contributed by atoms with E-state index in [-0.39, 0.29) is 23.1 Å². The van der Waals surface area contributed by atoms with E-state index in [9.17, 15) is 18.0 Å². The van der Waals surface area contributed by atoms with Crippen LogP contribution in [0.5, 0.6) is 5.75 Å². The molecule has 2 amide bonds. The molecule has 0 aromatic heterocycles. The molecule has 1 aliphatic rings. The summed E-state index contributed by atoms with van der Waals surface area (Å²) in [6, 6.07) is 12.6. The molecule has 3 rings (SSSR count). The van der Waals surface area contributed by atoms with Crippen molar-refractivity contribution in [3.8, 4) is 5.75 Å². The number of sulfonamides is 1. The van der Waals surface area contributed by atoms with Gasteiger partial charge in [-0.25, -0.2) is 18.5 Å². The van der Waals surface area contributed by atoms with E-state index >= 15 is 0 Å². The Morgan fingerprint density at radius 2 is 1.75 bits per heavy atom. The highest BCUT2D eigenvalue weighted by molar-refractivity contribution is 7.89. The summed E-state index contributed by atoms with van der Waals surface area (Å²) < 4.78 is 27.6. The summed E-state index contributed by atoms with van der Waals surface area (Å²) in [6.45, 7) is 0.592. The molecule has 1 fully saturated rings. The molecule has 2 aromatic rings. The number of hydrogen-bond donors (Lipinski definition) is 2. The Balaban J connectivity index is 1.58. The number of quaternary nitrogens is 1. The van der Waals surface area contributed by atoms with Crippen LogP contribution in [-0.2, 0) is 26.0 Å². The summed E-state index contributed by atoms with van der Waals surface area (Å²) >= 11 is 0. The van der Waals surface area contributed by atoms with E-state index in [4.69, 9.17) is 9.88 Å². The van der Waals surface area contributed by atoms with Gasteiger partial charge in [-0.15, -0.1) is 0 Å². The maximum Gasteiger partial charge on any atom is 0.292 e. The molecule has 0 spiro atoms. The fraction of sp³-hybridized carbons (Fsp3) is 0.263. The number of anilines is 1. The van der Waals surface area contributed by atoms with Crippen molar-refractivity contribution in [1.29, 1.82) is 0 Å². The number of benzene rings is 2. The number of nitrogens with zero attached hydrogens (tertiary/aromatic N) is 1. The van der Waals surface area contributed by atoms with Crippen molar-refractivity contribution < 1.29 is 28.1 Å². The van der Waals surface area contributed by atoms with Gasteiger partial charge in [0, 0.05) is 6.42 Å². The lowest BCUT2D eigenvalue weighted by Gasteiger charge is -2.14. The van der Waals surface area contributed by atoms with E-state index in [0.717, 1.165) is 5.56 Å². The number of carbonyl (C=O) groups excluding carboxylic acids is 2. The second-order valence-corrected chi connectivity index (χ2v) is 8.10. The van der Waals surface area contributed by atoms with Gasteiger partial charge in [-0.1, -0.05) is 12.1 Å². The zero-order valence-electron chi connectivity index (χ0n) is 15.4. The van der Waals surface area contributed by atoms with Crippen LogP contribution in [-0.4, -0.2) is 39.9 Å². The van der Waals surface area contributed by atoms with Gasteiger partial charge in [-0.2, -0.15) is 0 Å². The quantitative estimate of drug-likeness (QED) is 0.618. The van der Waals surface area contributed by atoms with Gasteiger partial charge in [-0.3, -0.25) is 9.59 Å². The molecule has 0 bridgehead atoms. The first-order chi connectivity index (χ1) is 13.3. The Morgan fingerprint density at radius 1 is 1.11 bits per heavy atom. The Hall–Kier alpha value is -2.75. The summed E-state index contributed by atoms with van der Waals surface area (Å²) in [5, 5.41) is 6.92. The zero-order chi connectivity index (χ0) is 20.3. The van der Waals surface area contributed by atoms with Gasteiger partial charge in [0.25, 0.3) is 5.91 Å². The molecule has 8 nitrogen and oxygen atoms in total. The van der Waals surface area contributed by atoms with E-state index in [2.05, 4.69) is 0 Å². The van der Waals surface area contributed by atoms with Crippen molar-refractivity contribution in [2.24, 2.45) is 5.14 Å². The molecule has 1 heterocycles. The van der Waals surface area contributed by atoms with Crippen LogP contribution in [0.25, 0.3) is 0 Å². The van der Waals surface area contributed by atoms with Crippen LogP contribution in [0.1, 0.15) is 12.0 Å². The third-order valence-corrected chi connectivity index (χ3v) is 5.58. The van der Waals surface area contributed by atoms with E-state index in [1.807, 2.05) is 5.32 Å². The van der Waals surface area contributed by atoms with E-state index in [1.54, 1.807) is 43.5 Å². The molecule has 0 saturated carbocycles. The summed E-state index contributed by atoms with van der Waals surface area (Å²) in [7, 11) is -2.16. The first-order valence-electron chi connectivity index (χ1n) is 8.75. The third kappa shape index (κ3) is 4.38. The molecule has 0 aliphatic carbocycles. The standard InChI is InChI=1S/C19H21N3O5S/c1-27-15-6-4-14(5-7-15)22-18(23)12-17(19(22)24)21-11-10-13-2-8-16(9-3-13)28(20,25)26/h2-9,17,21H,10-12H2,1H3,(H2,20,25,26)/p+1/t17-/m0/s1. The third-order valence-electron chi connectivity index (χ3n) is 4.65. The van der Waals surface area contributed by atoms with Crippen LogP contribution in [0.15, 0.2) is 53.4 Å². The number of amides is 2. The van der Waals surface area contributed by atoms with Gasteiger partial charge in [0.15, 0.2) is 6.04 Å². The smallest absolute Gasteiger partial charge is 0.292 e. The van der Waals surface area contributed by atoms with Crippen molar-refractivity contribution >= 4 is 27.5 Å². The van der Waals surface area contributed by atoms with Crippen LogP contribution in [0.3, 0.4) is 0 Å². The number of carbonyl (C=O) groups is 2. The van der Waals surface area contributed by atoms with Gasteiger partial charge in [0.05, 0.1) is 30.7 Å². The van der Waals surface area contributed by atoms with Crippen LogP contribution in [0.4, 0.5) is 5.69 Å². The lowest BCUT2D eigenvalue weighted by Crippen LogP contribution is -2.92. The van der Waals surface area contributed by atoms with E-state index < -0.39 is 16.1 Å². The highest BCUT2D eigenvalue weighted by Gasteiger charge is 2.42. The van der Waals surface area contributed by atoms with Gasteiger partial charge in [0.2, 0.25) is 15.9 Å². The highest BCUT2D eigenvalue weighted by Crippen LogP contribution is 2.24. The average molecular weight is 404 g/mol. The van der Waals surface area contributed by atoms with Crippen LogP contribution < -0.4 is 20.1 Å². The molecule has 1 atom stereocenters. The molecule has 1 aliphatic heterocycles. The number of rotatable bonds is 7. The second-order valence-electron chi connectivity index (χ2n) is 6.54. The predicted octanol–water partition coefficient (Wildman–Crippen LogP) is -0.219. The van der Waals surface area contributed by atoms with Crippen molar-refractivity contribution in [2.45, 2.75) is 23.8 Å². The lowest BCUT2D eigenvalue weighted by molar-refractivity contribution is -0.674. The largest absolute Gasteiger partial charge is 0.497 e.